The molecular weight excluding hydrogens is 430 g/mol. The number of nitrogens with zero attached hydrogens (tertiary/aromatic N) is 1. The molecule has 3 rings (SSSR count). The van der Waals surface area contributed by atoms with Gasteiger partial charge in [-0.2, -0.15) is 0 Å². The van der Waals surface area contributed by atoms with E-state index in [1.165, 1.54) is 13.0 Å². The minimum Gasteiger partial charge on any atom is -0.452 e. The van der Waals surface area contributed by atoms with E-state index < -0.39 is 28.0 Å². The number of carbonyl (C=O) groups is 2. The Kier molecular flexibility index (Phi) is 6.42. The largest absolute Gasteiger partial charge is 0.452 e. The van der Waals surface area contributed by atoms with Gasteiger partial charge in [-0.25, -0.2) is 8.42 Å². The zero-order valence-electron chi connectivity index (χ0n) is 16.3. The van der Waals surface area contributed by atoms with Crippen molar-refractivity contribution in [3.05, 3.63) is 58.6 Å². The zero-order chi connectivity index (χ0) is 21.9. The molecule has 1 atom stereocenters. The summed E-state index contributed by atoms with van der Waals surface area (Å²) in [6.45, 7) is 3.28. The molecule has 158 valence electrons. The molecule has 1 unspecified atom stereocenters. The number of carbonyl (C=O) groups excluding carboxylic acids is 2. The molecule has 1 aliphatic rings. The molecule has 2 aromatic carbocycles. The Bertz CT molecular complexity index is 1130. The summed E-state index contributed by atoms with van der Waals surface area (Å²) in [5.74, 6) is -0.933. The second-order valence-electron chi connectivity index (χ2n) is 6.66. The number of aryl methyl sites for hydroxylation is 1. The Morgan fingerprint density at radius 1 is 1.23 bits per heavy atom. The van der Waals surface area contributed by atoms with Crippen LogP contribution >= 0.6 is 11.6 Å². The second-order valence-corrected chi connectivity index (χ2v) is 8.75. The second kappa shape index (κ2) is 8.85. The van der Waals surface area contributed by atoms with Gasteiger partial charge in [-0.3, -0.25) is 19.3 Å². The lowest BCUT2D eigenvalue weighted by Gasteiger charge is -2.14. The van der Waals surface area contributed by atoms with Crippen molar-refractivity contribution in [2.75, 3.05) is 11.9 Å². The predicted molar refractivity (Wildman–Crippen MR) is 113 cm³/mol. The van der Waals surface area contributed by atoms with Crippen molar-refractivity contribution in [2.45, 2.75) is 31.3 Å². The highest BCUT2D eigenvalue weighted by Gasteiger charge is 2.30. The highest BCUT2D eigenvalue weighted by molar-refractivity contribution is 7.90. The molecule has 2 N–H and O–H groups in total. The number of hydrogen-bond donors (Lipinski definition) is 2. The molecule has 8 nitrogen and oxygen atoms in total. The van der Waals surface area contributed by atoms with Crippen LogP contribution < -0.4 is 10.0 Å². The number of rotatable bonds is 6. The first-order valence-corrected chi connectivity index (χ1v) is 11.0. The third-order valence-corrected chi connectivity index (χ3v) is 6.02. The molecule has 0 radical (unpaired) electrons. The summed E-state index contributed by atoms with van der Waals surface area (Å²) in [6, 6.07) is 11.5. The number of esters is 1. The maximum absolute atomic E-state index is 12.3. The number of hydrogen-bond acceptors (Lipinski definition) is 6. The fourth-order valence-corrected chi connectivity index (χ4v) is 4.21. The molecule has 30 heavy (non-hydrogen) atoms. The Hall–Kier alpha value is -2.91. The molecule has 0 saturated heterocycles. The zero-order valence-corrected chi connectivity index (χ0v) is 17.9. The summed E-state index contributed by atoms with van der Waals surface area (Å²) in [4.78, 5) is 28.6. The average Bonchev–Trinajstić information content (AvgIpc) is 2.95. The molecule has 1 aliphatic heterocycles. The van der Waals surface area contributed by atoms with E-state index in [4.69, 9.17) is 16.3 Å². The number of sulfonamides is 1. The van der Waals surface area contributed by atoms with Gasteiger partial charge in [0.25, 0.3) is 15.9 Å². The molecule has 0 spiro atoms. The topological polar surface area (TPSA) is 114 Å². The average molecular weight is 450 g/mol. The monoisotopic (exact) mass is 449 g/mol. The van der Waals surface area contributed by atoms with Crippen molar-refractivity contribution in [1.82, 2.24) is 4.72 Å². The Morgan fingerprint density at radius 2 is 1.97 bits per heavy atom. The normalized spacial score (nSPS) is 16.4. The quantitative estimate of drug-likeness (QED) is 0.658. The number of amidine groups is 1. The van der Waals surface area contributed by atoms with Crippen LogP contribution in [0.15, 0.2) is 52.4 Å². The molecule has 0 fully saturated rings. The van der Waals surface area contributed by atoms with Gasteiger partial charge in [0, 0.05) is 16.3 Å². The van der Waals surface area contributed by atoms with Crippen LogP contribution in [0.25, 0.3) is 0 Å². The van der Waals surface area contributed by atoms with E-state index in [2.05, 4.69) is 15.0 Å². The van der Waals surface area contributed by atoms with Gasteiger partial charge in [-0.05, 0) is 43.7 Å². The fraction of sp³-hybridized carbons (Fsp3) is 0.250. The number of benzene rings is 2. The van der Waals surface area contributed by atoms with Crippen LogP contribution in [0.1, 0.15) is 24.5 Å². The van der Waals surface area contributed by atoms with Gasteiger partial charge in [0.15, 0.2) is 6.10 Å². The number of anilines is 1. The van der Waals surface area contributed by atoms with Gasteiger partial charge in [0.2, 0.25) is 0 Å². The molecular formula is C20H20ClN3O5S. The van der Waals surface area contributed by atoms with Gasteiger partial charge >= 0.3 is 5.97 Å². The molecule has 1 heterocycles. The van der Waals surface area contributed by atoms with Crippen molar-refractivity contribution in [2.24, 2.45) is 4.99 Å². The van der Waals surface area contributed by atoms with Gasteiger partial charge in [0.05, 0.1) is 17.9 Å². The maximum Gasteiger partial charge on any atom is 0.308 e. The van der Waals surface area contributed by atoms with E-state index >= 15 is 0 Å². The lowest BCUT2D eigenvalue weighted by molar-refractivity contribution is -0.152. The van der Waals surface area contributed by atoms with Crippen LogP contribution in [-0.4, -0.2) is 38.8 Å². The van der Waals surface area contributed by atoms with Crippen molar-refractivity contribution >= 4 is 45.0 Å². The van der Waals surface area contributed by atoms with E-state index in [0.29, 0.717) is 16.3 Å². The number of halogens is 1. The minimum absolute atomic E-state index is 0.00671. The van der Waals surface area contributed by atoms with E-state index in [1.54, 1.807) is 36.4 Å². The van der Waals surface area contributed by atoms with Crippen LogP contribution in [0.5, 0.6) is 0 Å². The highest BCUT2D eigenvalue weighted by Crippen LogP contribution is 2.22. The van der Waals surface area contributed by atoms with Crippen LogP contribution in [0.3, 0.4) is 0 Å². The maximum atomic E-state index is 12.3. The molecule has 10 heteroatoms. The summed E-state index contributed by atoms with van der Waals surface area (Å²) in [5, 5.41) is 3.15. The van der Waals surface area contributed by atoms with Crippen LogP contribution in [0, 0.1) is 6.92 Å². The number of nitrogens with one attached hydrogen (secondary N) is 2. The van der Waals surface area contributed by atoms with Gasteiger partial charge in [0.1, 0.15) is 5.84 Å². The number of aliphatic imine (C=N–C) groups is 1. The summed E-state index contributed by atoms with van der Waals surface area (Å²) in [7, 11) is -3.63. The molecule has 2 aromatic rings. The fourth-order valence-electron chi connectivity index (χ4n) is 2.78. The summed E-state index contributed by atoms with van der Waals surface area (Å²) < 4.78 is 31.6. The van der Waals surface area contributed by atoms with Crippen molar-refractivity contribution in [1.29, 1.82) is 0 Å². The standard InChI is InChI=1S/C20H20ClN3O5S/c1-12-7-8-14(21)11-16(12)23-20(26)13(2)29-18(25)9-10-22-19-15-5-3-4-6-17(15)30(27,28)24-19/h3-8,11,13H,9-10H2,1-2H3,(H,22,24)(H,23,26). The van der Waals surface area contributed by atoms with E-state index in [0.717, 1.165) is 5.56 Å². The van der Waals surface area contributed by atoms with E-state index in [-0.39, 0.29) is 23.7 Å². The minimum atomic E-state index is -3.63. The third kappa shape index (κ3) is 4.98. The Balaban J connectivity index is 1.54. The highest BCUT2D eigenvalue weighted by atomic mass is 35.5. The van der Waals surface area contributed by atoms with Gasteiger partial charge < -0.3 is 10.1 Å². The SMILES string of the molecule is Cc1ccc(Cl)cc1NC(=O)C(C)OC(=O)CCN=C1NS(=O)(=O)c2ccccc21. The first-order chi connectivity index (χ1) is 14.2. The Morgan fingerprint density at radius 3 is 2.73 bits per heavy atom. The van der Waals surface area contributed by atoms with Crippen LogP contribution in [-0.2, 0) is 24.3 Å². The number of ether oxygens (including phenoxy) is 1. The van der Waals surface area contributed by atoms with E-state index in [9.17, 15) is 18.0 Å². The number of amides is 1. The van der Waals surface area contributed by atoms with Gasteiger partial charge in [-0.1, -0.05) is 29.8 Å². The predicted octanol–water partition coefficient (Wildman–Crippen LogP) is 2.65. The first kappa shape index (κ1) is 21.8. The molecule has 0 saturated carbocycles. The third-order valence-electron chi connectivity index (χ3n) is 4.38. The van der Waals surface area contributed by atoms with Crippen molar-refractivity contribution in [3.8, 4) is 0 Å². The smallest absolute Gasteiger partial charge is 0.308 e. The molecule has 0 aliphatic carbocycles. The molecule has 0 aromatic heterocycles. The molecule has 1 amide bonds. The van der Waals surface area contributed by atoms with Crippen LogP contribution in [0.4, 0.5) is 5.69 Å². The van der Waals surface area contributed by atoms with E-state index in [1.807, 2.05) is 6.92 Å². The number of fused-ring (bicyclic) bond motifs is 1. The summed E-state index contributed by atoms with van der Waals surface area (Å²) >= 11 is 5.93. The van der Waals surface area contributed by atoms with Gasteiger partial charge in [-0.15, -0.1) is 0 Å². The molecule has 0 bridgehead atoms. The van der Waals surface area contributed by atoms with Crippen LogP contribution in [0.2, 0.25) is 5.02 Å². The lowest BCUT2D eigenvalue weighted by Crippen LogP contribution is -2.30. The van der Waals surface area contributed by atoms with Crippen molar-refractivity contribution in [3.63, 3.8) is 0 Å². The van der Waals surface area contributed by atoms with Crippen molar-refractivity contribution < 1.29 is 22.7 Å². The summed E-state index contributed by atoms with van der Waals surface area (Å²) in [6.07, 6.45) is -1.13. The lowest BCUT2D eigenvalue weighted by atomic mass is 10.2. The summed E-state index contributed by atoms with van der Waals surface area (Å²) in [5.41, 5.74) is 1.81. The Labute approximate surface area is 179 Å². The first-order valence-electron chi connectivity index (χ1n) is 9.10.